The maximum absolute atomic E-state index is 12.0. The summed E-state index contributed by atoms with van der Waals surface area (Å²) in [5.74, 6) is -1.53. The third kappa shape index (κ3) is 4.11. The van der Waals surface area contributed by atoms with Gasteiger partial charge in [-0.3, -0.25) is 4.79 Å². The first-order chi connectivity index (χ1) is 8.85. The molecule has 0 aliphatic carbocycles. The quantitative estimate of drug-likeness (QED) is 0.724. The van der Waals surface area contributed by atoms with E-state index in [4.69, 9.17) is 5.11 Å². The average Bonchev–Trinajstić information content (AvgIpc) is 2.67. The van der Waals surface area contributed by atoms with Gasteiger partial charge in [-0.1, -0.05) is 6.92 Å². The molecule has 0 aromatic rings. The van der Waals surface area contributed by atoms with Crippen LogP contribution in [0.5, 0.6) is 0 Å². The van der Waals surface area contributed by atoms with Gasteiger partial charge < -0.3 is 20.1 Å². The summed E-state index contributed by atoms with van der Waals surface area (Å²) in [4.78, 5) is 35.7. The second-order valence-electron chi connectivity index (χ2n) is 4.96. The van der Waals surface area contributed by atoms with Crippen LogP contribution in [-0.4, -0.2) is 53.7 Å². The molecule has 19 heavy (non-hydrogen) atoms. The van der Waals surface area contributed by atoms with Gasteiger partial charge in [0, 0.05) is 12.6 Å². The van der Waals surface area contributed by atoms with Gasteiger partial charge in [0.1, 0.15) is 6.04 Å². The molecular formula is C12H20N2O5. The second-order valence-corrected chi connectivity index (χ2v) is 4.96. The number of esters is 1. The number of carbonyl (C=O) groups excluding carboxylic acids is 2. The molecule has 1 fully saturated rings. The van der Waals surface area contributed by atoms with Crippen molar-refractivity contribution < 1.29 is 24.2 Å². The maximum Gasteiger partial charge on any atom is 0.326 e. The number of likely N-dealkylation sites (tertiary alicyclic amines) is 1. The Kier molecular flexibility index (Phi) is 5.14. The molecule has 108 valence electrons. The minimum absolute atomic E-state index is 0.0718. The van der Waals surface area contributed by atoms with Crippen LogP contribution in [-0.2, 0) is 14.3 Å². The lowest BCUT2D eigenvalue weighted by Crippen LogP contribution is -2.49. The summed E-state index contributed by atoms with van der Waals surface area (Å²) >= 11 is 0. The maximum atomic E-state index is 12.0. The number of hydrogen-bond donors (Lipinski definition) is 2. The zero-order valence-corrected chi connectivity index (χ0v) is 11.4. The summed E-state index contributed by atoms with van der Waals surface area (Å²) in [6, 6.07) is -1.64. The zero-order chi connectivity index (χ0) is 14.6. The summed E-state index contributed by atoms with van der Waals surface area (Å²) < 4.78 is 4.41. The van der Waals surface area contributed by atoms with Crippen molar-refractivity contribution in [3.05, 3.63) is 0 Å². The van der Waals surface area contributed by atoms with E-state index in [1.165, 1.54) is 7.11 Å². The molecule has 0 spiro atoms. The summed E-state index contributed by atoms with van der Waals surface area (Å²) in [5.41, 5.74) is 0. The fourth-order valence-corrected chi connectivity index (χ4v) is 2.26. The number of carboxylic acid groups (broad SMARTS) is 1. The zero-order valence-electron chi connectivity index (χ0n) is 11.4. The molecule has 2 amide bonds. The lowest BCUT2D eigenvalue weighted by Gasteiger charge is -2.24. The Bertz CT molecular complexity index is 371. The highest BCUT2D eigenvalue weighted by atomic mass is 16.5. The minimum atomic E-state index is -1.26. The average molecular weight is 272 g/mol. The van der Waals surface area contributed by atoms with Gasteiger partial charge in [-0.05, 0) is 19.3 Å². The molecule has 1 aliphatic heterocycles. The van der Waals surface area contributed by atoms with Crippen LogP contribution in [0.15, 0.2) is 0 Å². The van der Waals surface area contributed by atoms with E-state index >= 15 is 0 Å². The predicted molar refractivity (Wildman–Crippen MR) is 66.5 cm³/mol. The van der Waals surface area contributed by atoms with Crippen molar-refractivity contribution in [1.29, 1.82) is 0 Å². The number of nitrogens with one attached hydrogen (secondary N) is 1. The Labute approximate surface area is 111 Å². The van der Waals surface area contributed by atoms with Crippen LogP contribution in [0.2, 0.25) is 0 Å². The molecule has 1 aliphatic rings. The third-order valence-corrected chi connectivity index (χ3v) is 3.24. The smallest absolute Gasteiger partial charge is 0.326 e. The minimum Gasteiger partial charge on any atom is -0.480 e. The number of rotatable bonds is 4. The lowest BCUT2D eigenvalue weighted by atomic mass is 10.1. The van der Waals surface area contributed by atoms with Crippen molar-refractivity contribution in [1.82, 2.24) is 10.2 Å². The Morgan fingerprint density at radius 1 is 1.42 bits per heavy atom. The first-order valence-electron chi connectivity index (χ1n) is 6.21. The van der Waals surface area contributed by atoms with E-state index in [0.717, 1.165) is 6.42 Å². The summed E-state index contributed by atoms with van der Waals surface area (Å²) in [6.07, 6.45) is 0.511. The van der Waals surface area contributed by atoms with Crippen LogP contribution in [0.4, 0.5) is 4.79 Å². The van der Waals surface area contributed by atoms with E-state index in [9.17, 15) is 14.4 Å². The highest BCUT2D eigenvalue weighted by Crippen LogP contribution is 2.22. The topological polar surface area (TPSA) is 95.9 Å². The lowest BCUT2D eigenvalue weighted by molar-refractivity contribution is -0.147. The molecule has 1 rings (SSSR count). The van der Waals surface area contributed by atoms with Gasteiger partial charge in [-0.15, -0.1) is 0 Å². The van der Waals surface area contributed by atoms with Crippen molar-refractivity contribution in [2.75, 3.05) is 13.7 Å². The molecule has 1 saturated heterocycles. The largest absolute Gasteiger partial charge is 0.480 e. The van der Waals surface area contributed by atoms with Crippen LogP contribution in [0, 0.1) is 5.92 Å². The molecule has 2 N–H and O–H groups in total. The molecule has 0 bridgehead atoms. The Balaban J connectivity index is 2.61. The summed E-state index contributed by atoms with van der Waals surface area (Å²) in [6.45, 7) is 4.55. The highest BCUT2D eigenvalue weighted by molar-refractivity contribution is 5.86. The van der Waals surface area contributed by atoms with Gasteiger partial charge in [0.05, 0.1) is 13.5 Å². The Hall–Kier alpha value is -1.79. The van der Waals surface area contributed by atoms with Gasteiger partial charge in [0.25, 0.3) is 0 Å². The normalized spacial score (nSPS) is 23.8. The molecule has 7 heteroatoms. The molecule has 3 atom stereocenters. The molecular weight excluding hydrogens is 252 g/mol. The Morgan fingerprint density at radius 3 is 2.47 bits per heavy atom. The predicted octanol–water partition coefficient (Wildman–Crippen LogP) is 0.443. The van der Waals surface area contributed by atoms with Crippen molar-refractivity contribution in [2.45, 2.75) is 38.8 Å². The van der Waals surface area contributed by atoms with Crippen molar-refractivity contribution in [2.24, 2.45) is 5.92 Å². The number of ether oxygens (including phenoxy) is 1. The van der Waals surface area contributed by atoms with E-state index in [-0.39, 0.29) is 12.5 Å². The second kappa shape index (κ2) is 6.40. The fraction of sp³-hybridized carbons (Fsp3) is 0.750. The van der Waals surface area contributed by atoms with Crippen molar-refractivity contribution >= 4 is 18.0 Å². The number of carboxylic acids is 1. The molecule has 1 heterocycles. The molecule has 0 aromatic heterocycles. The molecule has 0 saturated carbocycles. The number of aliphatic carboxylic acids is 1. The highest BCUT2D eigenvalue weighted by Gasteiger charge is 2.32. The van der Waals surface area contributed by atoms with E-state index in [2.05, 4.69) is 10.1 Å². The summed E-state index contributed by atoms with van der Waals surface area (Å²) in [7, 11) is 1.17. The Morgan fingerprint density at radius 2 is 2.05 bits per heavy atom. The number of methoxy groups -OCH3 is 1. The van der Waals surface area contributed by atoms with Gasteiger partial charge >= 0.3 is 18.0 Å². The van der Waals surface area contributed by atoms with E-state index < -0.39 is 24.0 Å². The number of carbonyl (C=O) groups is 3. The first kappa shape index (κ1) is 15.3. The van der Waals surface area contributed by atoms with E-state index in [1.54, 1.807) is 4.90 Å². The molecule has 2 unspecified atom stereocenters. The third-order valence-electron chi connectivity index (χ3n) is 3.24. The number of nitrogens with zero attached hydrogens (tertiary/aromatic N) is 1. The van der Waals surface area contributed by atoms with Crippen LogP contribution >= 0.6 is 0 Å². The van der Waals surface area contributed by atoms with Crippen LogP contribution < -0.4 is 5.32 Å². The number of urea groups is 1. The van der Waals surface area contributed by atoms with Crippen LogP contribution in [0.1, 0.15) is 26.7 Å². The van der Waals surface area contributed by atoms with Gasteiger partial charge in [0.15, 0.2) is 0 Å². The van der Waals surface area contributed by atoms with Crippen molar-refractivity contribution in [3.63, 3.8) is 0 Å². The molecule has 0 radical (unpaired) electrons. The van der Waals surface area contributed by atoms with Crippen LogP contribution in [0.3, 0.4) is 0 Å². The fourth-order valence-electron chi connectivity index (χ4n) is 2.26. The van der Waals surface area contributed by atoms with Gasteiger partial charge in [-0.2, -0.15) is 0 Å². The standard InChI is InChI=1S/C12H20N2O5/c1-7-4-8(2)14(6-7)12(18)13-9(11(16)17)5-10(15)19-3/h7-9H,4-6H2,1-3H3,(H,13,18)(H,16,17)/t7?,8?,9-/m0/s1. The SMILES string of the molecule is COC(=O)C[C@H](NC(=O)N1CC(C)CC1C)C(=O)O. The molecule has 7 nitrogen and oxygen atoms in total. The monoisotopic (exact) mass is 272 g/mol. The van der Waals surface area contributed by atoms with E-state index in [0.29, 0.717) is 12.5 Å². The molecule has 0 aromatic carbocycles. The van der Waals surface area contributed by atoms with Gasteiger partial charge in [-0.25, -0.2) is 9.59 Å². The number of amides is 2. The van der Waals surface area contributed by atoms with E-state index in [1.807, 2.05) is 13.8 Å². The van der Waals surface area contributed by atoms with Crippen LogP contribution in [0.25, 0.3) is 0 Å². The number of hydrogen-bond acceptors (Lipinski definition) is 4. The summed E-state index contributed by atoms with van der Waals surface area (Å²) in [5, 5.41) is 11.3. The van der Waals surface area contributed by atoms with Crippen molar-refractivity contribution in [3.8, 4) is 0 Å². The van der Waals surface area contributed by atoms with Gasteiger partial charge in [0.2, 0.25) is 0 Å². The first-order valence-corrected chi connectivity index (χ1v) is 6.21.